The van der Waals surface area contributed by atoms with Gasteiger partial charge in [0.1, 0.15) is 5.75 Å². The van der Waals surface area contributed by atoms with Crippen molar-refractivity contribution < 1.29 is 27.4 Å². The molecule has 7 heteroatoms. The number of halogens is 3. The van der Waals surface area contributed by atoms with Gasteiger partial charge in [0.15, 0.2) is 6.61 Å². The van der Waals surface area contributed by atoms with Crippen molar-refractivity contribution in [2.45, 2.75) is 12.7 Å². The summed E-state index contributed by atoms with van der Waals surface area (Å²) in [6, 6.07) is 6.78. The first-order valence-corrected chi connectivity index (χ1v) is 5.01. The Hall–Kier alpha value is -1.92. The highest BCUT2D eigenvalue weighted by Gasteiger charge is 2.29. The molecular formula is C11H12F3NO3. The average molecular weight is 263 g/mol. The number of carbonyl (C=O) groups excluding carboxylic acids is 1. The Kier molecular flexibility index (Phi) is 4.82. The summed E-state index contributed by atoms with van der Waals surface area (Å²) < 4.78 is 44.2. The summed E-state index contributed by atoms with van der Waals surface area (Å²) >= 11 is 0. The van der Waals surface area contributed by atoms with Crippen molar-refractivity contribution in [3.8, 4) is 5.75 Å². The van der Waals surface area contributed by atoms with Crippen LogP contribution in [0, 0.1) is 0 Å². The van der Waals surface area contributed by atoms with E-state index in [-0.39, 0.29) is 6.54 Å². The van der Waals surface area contributed by atoms with Crippen LogP contribution in [0.1, 0.15) is 5.56 Å². The first kappa shape index (κ1) is 14.1. The Morgan fingerprint density at radius 1 is 1.39 bits per heavy atom. The van der Waals surface area contributed by atoms with Gasteiger partial charge < -0.3 is 14.8 Å². The van der Waals surface area contributed by atoms with E-state index in [0.717, 1.165) is 0 Å². The molecule has 1 aromatic rings. The monoisotopic (exact) mass is 263 g/mol. The third-order valence-corrected chi connectivity index (χ3v) is 1.94. The number of benzene rings is 1. The van der Waals surface area contributed by atoms with Gasteiger partial charge in [-0.1, -0.05) is 12.1 Å². The third-order valence-electron chi connectivity index (χ3n) is 1.94. The first-order chi connectivity index (χ1) is 8.40. The Balaban J connectivity index is 2.38. The van der Waals surface area contributed by atoms with Crippen LogP contribution in [0.2, 0.25) is 0 Å². The minimum atomic E-state index is -4.52. The van der Waals surface area contributed by atoms with Crippen molar-refractivity contribution >= 4 is 6.09 Å². The summed E-state index contributed by atoms with van der Waals surface area (Å²) in [4.78, 5) is 11.0. The van der Waals surface area contributed by atoms with E-state index in [1.807, 2.05) is 0 Å². The van der Waals surface area contributed by atoms with Gasteiger partial charge in [-0.3, -0.25) is 0 Å². The summed E-state index contributed by atoms with van der Waals surface area (Å²) in [7, 11) is 1.49. The highest BCUT2D eigenvalue weighted by Crippen LogP contribution is 2.15. The smallest absolute Gasteiger partial charge is 0.422 e. The van der Waals surface area contributed by atoms with Crippen LogP contribution in [0.15, 0.2) is 24.3 Å². The average Bonchev–Trinajstić information content (AvgIpc) is 2.33. The molecule has 0 atom stereocenters. The van der Waals surface area contributed by atoms with Crippen LogP contribution in [0.25, 0.3) is 0 Å². The van der Waals surface area contributed by atoms with Crippen LogP contribution < -0.4 is 10.1 Å². The molecule has 100 valence electrons. The van der Waals surface area contributed by atoms with Crippen molar-refractivity contribution in [3.05, 3.63) is 29.8 Å². The molecule has 0 bridgehead atoms. The molecule has 4 nitrogen and oxygen atoms in total. The lowest BCUT2D eigenvalue weighted by atomic mass is 10.2. The van der Waals surface area contributed by atoms with Gasteiger partial charge in [0.25, 0.3) is 0 Å². The van der Waals surface area contributed by atoms with Gasteiger partial charge in [-0.15, -0.1) is 0 Å². The SMILES string of the molecule is COc1cccc(CNC(=O)OCC(F)(F)F)c1. The van der Waals surface area contributed by atoms with Crippen LogP contribution in [0.4, 0.5) is 18.0 Å². The Morgan fingerprint density at radius 3 is 2.72 bits per heavy atom. The Labute approximate surface area is 102 Å². The number of methoxy groups -OCH3 is 1. The molecule has 0 aliphatic rings. The van der Waals surface area contributed by atoms with Gasteiger partial charge in [-0.05, 0) is 17.7 Å². The number of ether oxygens (including phenoxy) is 2. The number of alkyl halides is 3. The molecule has 0 radical (unpaired) electrons. The highest BCUT2D eigenvalue weighted by molar-refractivity contribution is 5.67. The van der Waals surface area contributed by atoms with E-state index in [4.69, 9.17) is 4.74 Å². The minimum absolute atomic E-state index is 0.0634. The largest absolute Gasteiger partial charge is 0.497 e. The second-order valence-electron chi connectivity index (χ2n) is 3.40. The topological polar surface area (TPSA) is 47.6 Å². The summed E-state index contributed by atoms with van der Waals surface area (Å²) in [6.45, 7) is -1.54. The van der Waals surface area contributed by atoms with E-state index < -0.39 is 18.9 Å². The van der Waals surface area contributed by atoms with E-state index >= 15 is 0 Å². The zero-order valence-corrected chi connectivity index (χ0v) is 9.58. The van der Waals surface area contributed by atoms with Gasteiger partial charge >= 0.3 is 12.3 Å². The number of hydrogen-bond donors (Lipinski definition) is 1. The van der Waals surface area contributed by atoms with Crippen LogP contribution in [-0.2, 0) is 11.3 Å². The second-order valence-corrected chi connectivity index (χ2v) is 3.40. The number of alkyl carbamates (subject to hydrolysis) is 1. The maximum atomic E-state index is 11.8. The fraction of sp³-hybridized carbons (Fsp3) is 0.364. The van der Waals surface area contributed by atoms with Crippen molar-refractivity contribution in [1.29, 1.82) is 0 Å². The number of carbonyl (C=O) groups is 1. The molecule has 0 saturated carbocycles. The van der Waals surface area contributed by atoms with E-state index in [2.05, 4.69) is 10.1 Å². The standard InChI is InChI=1S/C11H12F3NO3/c1-17-9-4-2-3-8(5-9)6-15-10(16)18-7-11(12,13)14/h2-5H,6-7H2,1H3,(H,15,16). The fourth-order valence-corrected chi connectivity index (χ4v) is 1.16. The molecule has 0 aliphatic carbocycles. The summed E-state index contributed by atoms with van der Waals surface area (Å²) in [5, 5.41) is 2.21. The van der Waals surface area contributed by atoms with Crippen LogP contribution >= 0.6 is 0 Å². The molecule has 0 aromatic heterocycles. The molecule has 1 aromatic carbocycles. The van der Waals surface area contributed by atoms with Gasteiger partial charge in [0.2, 0.25) is 0 Å². The van der Waals surface area contributed by atoms with Crippen molar-refractivity contribution in [3.63, 3.8) is 0 Å². The molecule has 1 amide bonds. The van der Waals surface area contributed by atoms with E-state index in [9.17, 15) is 18.0 Å². The first-order valence-electron chi connectivity index (χ1n) is 5.01. The molecule has 1 N–H and O–H groups in total. The van der Waals surface area contributed by atoms with E-state index in [1.54, 1.807) is 24.3 Å². The predicted octanol–water partition coefficient (Wildman–Crippen LogP) is 2.48. The summed E-state index contributed by atoms with van der Waals surface area (Å²) in [6.07, 6.45) is -5.64. The molecule has 0 unspecified atom stereocenters. The Bertz CT molecular complexity index is 407. The van der Waals surface area contributed by atoms with Crippen molar-refractivity contribution in [2.75, 3.05) is 13.7 Å². The van der Waals surface area contributed by atoms with Crippen LogP contribution in [0.5, 0.6) is 5.75 Å². The molecule has 18 heavy (non-hydrogen) atoms. The molecule has 0 heterocycles. The third kappa shape index (κ3) is 5.42. The highest BCUT2D eigenvalue weighted by atomic mass is 19.4. The number of nitrogens with one attached hydrogen (secondary N) is 1. The lowest BCUT2D eigenvalue weighted by molar-refractivity contribution is -0.160. The Morgan fingerprint density at radius 2 is 2.11 bits per heavy atom. The number of hydrogen-bond acceptors (Lipinski definition) is 3. The molecule has 1 rings (SSSR count). The lowest BCUT2D eigenvalue weighted by Gasteiger charge is -2.09. The summed E-state index contributed by atoms with van der Waals surface area (Å²) in [5.74, 6) is 0.595. The van der Waals surface area contributed by atoms with Crippen LogP contribution in [0.3, 0.4) is 0 Å². The predicted molar refractivity (Wildman–Crippen MR) is 57.2 cm³/mol. The van der Waals surface area contributed by atoms with Gasteiger partial charge in [-0.25, -0.2) is 4.79 Å². The van der Waals surface area contributed by atoms with Crippen molar-refractivity contribution in [1.82, 2.24) is 5.32 Å². The molecule has 0 saturated heterocycles. The van der Waals surface area contributed by atoms with Crippen molar-refractivity contribution in [2.24, 2.45) is 0 Å². The number of amides is 1. The van der Waals surface area contributed by atoms with Gasteiger partial charge in [0, 0.05) is 6.54 Å². The number of rotatable bonds is 4. The minimum Gasteiger partial charge on any atom is -0.497 e. The molecule has 0 aliphatic heterocycles. The normalized spacial score (nSPS) is 10.9. The maximum Gasteiger partial charge on any atom is 0.422 e. The molecule has 0 spiro atoms. The molecule has 0 fully saturated rings. The van der Waals surface area contributed by atoms with Crippen LogP contribution in [-0.4, -0.2) is 26.0 Å². The lowest BCUT2D eigenvalue weighted by Crippen LogP contribution is -2.28. The zero-order chi connectivity index (χ0) is 13.6. The maximum absolute atomic E-state index is 11.8. The second kappa shape index (κ2) is 6.13. The quantitative estimate of drug-likeness (QED) is 0.907. The van der Waals surface area contributed by atoms with Gasteiger partial charge in [0.05, 0.1) is 7.11 Å². The van der Waals surface area contributed by atoms with Gasteiger partial charge in [-0.2, -0.15) is 13.2 Å². The van der Waals surface area contributed by atoms with E-state index in [0.29, 0.717) is 11.3 Å². The van der Waals surface area contributed by atoms with E-state index in [1.165, 1.54) is 7.11 Å². The molecular weight excluding hydrogens is 251 g/mol. The zero-order valence-electron chi connectivity index (χ0n) is 9.58. The fourth-order valence-electron chi connectivity index (χ4n) is 1.16. The summed E-state index contributed by atoms with van der Waals surface area (Å²) in [5.41, 5.74) is 0.693.